The van der Waals surface area contributed by atoms with Gasteiger partial charge in [-0.2, -0.15) is 5.06 Å². The summed E-state index contributed by atoms with van der Waals surface area (Å²) < 4.78 is 4.78. The number of hydrogen-bond donors (Lipinski definition) is 4. The van der Waals surface area contributed by atoms with Crippen molar-refractivity contribution in [2.24, 2.45) is 0 Å². The molecule has 15 heavy (non-hydrogen) atoms. The van der Waals surface area contributed by atoms with E-state index in [9.17, 15) is 15.3 Å². The molecule has 4 N–H and O–H groups in total. The molecule has 0 spiro atoms. The highest BCUT2D eigenvalue weighted by atomic mass is 16.7. The molecule has 1 aliphatic rings. The van der Waals surface area contributed by atoms with Crippen LogP contribution in [0.2, 0.25) is 0 Å². The van der Waals surface area contributed by atoms with Gasteiger partial charge in [-0.05, 0) is 0 Å². The first-order valence-corrected chi connectivity index (χ1v) is 4.62. The summed E-state index contributed by atoms with van der Waals surface area (Å²) in [7, 11) is 3.16. The lowest BCUT2D eigenvalue weighted by molar-refractivity contribution is -0.327. The lowest BCUT2D eigenvalue weighted by Crippen LogP contribution is -2.60. The van der Waals surface area contributed by atoms with Crippen LogP contribution < -0.4 is 0 Å². The van der Waals surface area contributed by atoms with Gasteiger partial charge in [0.05, 0.1) is 6.61 Å². The predicted octanol–water partition coefficient (Wildman–Crippen LogP) is -2.72. The highest BCUT2D eigenvalue weighted by Gasteiger charge is 2.45. The number of ether oxygens (including phenoxy) is 1. The van der Waals surface area contributed by atoms with Crippen molar-refractivity contribution in [2.45, 2.75) is 30.7 Å². The number of aliphatic hydroxyl groups is 4. The summed E-state index contributed by atoms with van der Waals surface area (Å²) in [5, 5.41) is 38.6. The summed E-state index contributed by atoms with van der Waals surface area (Å²) in [6, 6.07) is 0. The fourth-order valence-corrected chi connectivity index (χ4v) is 1.44. The Morgan fingerprint density at radius 3 is 2.27 bits per heavy atom. The molecule has 1 saturated heterocycles. The molecule has 0 bridgehead atoms. The van der Waals surface area contributed by atoms with Crippen LogP contribution in [-0.4, -0.2) is 76.9 Å². The standard InChI is InChI=1S/C8H17NO6/c1-9(2)15-7-5(11)4(3-10)14-8(13)6(7)12/h4-8,10-13H,3H2,1-2H3/t4?,5-,6-,7+,8?/m1/s1. The van der Waals surface area contributed by atoms with Crippen molar-refractivity contribution in [2.75, 3.05) is 20.7 Å². The van der Waals surface area contributed by atoms with Crippen LogP contribution in [0.5, 0.6) is 0 Å². The first kappa shape index (κ1) is 12.8. The lowest BCUT2D eigenvalue weighted by Gasteiger charge is -2.40. The Bertz CT molecular complexity index is 202. The normalized spacial score (nSPS) is 42.2. The van der Waals surface area contributed by atoms with Crippen LogP contribution in [0.4, 0.5) is 0 Å². The average molecular weight is 223 g/mol. The molecule has 0 radical (unpaired) electrons. The van der Waals surface area contributed by atoms with Crippen molar-refractivity contribution in [1.29, 1.82) is 0 Å². The van der Waals surface area contributed by atoms with Crippen molar-refractivity contribution in [3.63, 3.8) is 0 Å². The Hall–Kier alpha value is -0.280. The van der Waals surface area contributed by atoms with Gasteiger partial charge in [0.2, 0.25) is 0 Å². The largest absolute Gasteiger partial charge is 0.394 e. The Labute approximate surface area is 87.4 Å². The SMILES string of the molecule is CN(C)O[C@H]1[C@H](O)C(CO)OC(O)[C@@H]1O. The Balaban J connectivity index is 2.70. The van der Waals surface area contributed by atoms with Crippen LogP contribution in [0.1, 0.15) is 0 Å². The van der Waals surface area contributed by atoms with Crippen LogP contribution in [-0.2, 0) is 9.57 Å². The number of hydrogen-bond acceptors (Lipinski definition) is 7. The van der Waals surface area contributed by atoms with E-state index in [-0.39, 0.29) is 0 Å². The van der Waals surface area contributed by atoms with Gasteiger partial charge in [-0.3, -0.25) is 4.84 Å². The average Bonchev–Trinajstić information content (AvgIpc) is 2.18. The first-order chi connectivity index (χ1) is 6.97. The maximum atomic E-state index is 9.66. The van der Waals surface area contributed by atoms with Crippen LogP contribution >= 0.6 is 0 Å². The van der Waals surface area contributed by atoms with Crippen LogP contribution in [0, 0.1) is 0 Å². The van der Waals surface area contributed by atoms with E-state index in [1.807, 2.05) is 0 Å². The summed E-state index contributed by atoms with van der Waals surface area (Å²) in [6.07, 6.45) is -6.02. The Morgan fingerprint density at radius 1 is 1.20 bits per heavy atom. The fourth-order valence-electron chi connectivity index (χ4n) is 1.44. The summed E-state index contributed by atoms with van der Waals surface area (Å²) >= 11 is 0. The zero-order chi connectivity index (χ0) is 11.6. The third kappa shape index (κ3) is 2.85. The number of rotatable bonds is 3. The van der Waals surface area contributed by atoms with E-state index in [1.54, 1.807) is 14.1 Å². The molecular weight excluding hydrogens is 206 g/mol. The molecule has 5 atom stereocenters. The third-order valence-electron chi connectivity index (χ3n) is 2.17. The van der Waals surface area contributed by atoms with E-state index in [0.717, 1.165) is 0 Å². The van der Waals surface area contributed by atoms with E-state index < -0.39 is 37.3 Å². The van der Waals surface area contributed by atoms with E-state index in [1.165, 1.54) is 5.06 Å². The third-order valence-corrected chi connectivity index (χ3v) is 2.17. The van der Waals surface area contributed by atoms with Gasteiger partial charge in [0.25, 0.3) is 0 Å². The summed E-state index contributed by atoms with van der Waals surface area (Å²) in [5.74, 6) is 0. The van der Waals surface area contributed by atoms with Gasteiger partial charge in [-0.1, -0.05) is 0 Å². The second-order valence-electron chi connectivity index (χ2n) is 3.61. The molecule has 2 unspecified atom stereocenters. The molecule has 0 amide bonds. The molecule has 90 valence electrons. The van der Waals surface area contributed by atoms with E-state index in [2.05, 4.69) is 0 Å². The first-order valence-electron chi connectivity index (χ1n) is 4.62. The van der Waals surface area contributed by atoms with Gasteiger partial charge in [0.1, 0.15) is 24.4 Å². The smallest absolute Gasteiger partial charge is 0.184 e. The summed E-state index contributed by atoms with van der Waals surface area (Å²) in [6.45, 7) is -0.460. The monoisotopic (exact) mass is 223 g/mol. The Kier molecular flexibility index (Phi) is 4.41. The molecule has 1 aliphatic heterocycles. The highest BCUT2D eigenvalue weighted by molar-refractivity contribution is 4.89. The number of hydroxylamine groups is 2. The van der Waals surface area contributed by atoms with Crippen molar-refractivity contribution < 1.29 is 30.0 Å². The number of nitrogens with zero attached hydrogens (tertiary/aromatic N) is 1. The van der Waals surface area contributed by atoms with Crippen LogP contribution in [0.15, 0.2) is 0 Å². The molecule has 0 aromatic carbocycles. The van der Waals surface area contributed by atoms with Gasteiger partial charge in [-0.25, -0.2) is 0 Å². The molecule has 0 saturated carbocycles. The van der Waals surface area contributed by atoms with Crippen molar-refractivity contribution in [3.8, 4) is 0 Å². The van der Waals surface area contributed by atoms with Crippen molar-refractivity contribution in [3.05, 3.63) is 0 Å². The minimum atomic E-state index is -1.48. The highest BCUT2D eigenvalue weighted by Crippen LogP contribution is 2.22. The van der Waals surface area contributed by atoms with Gasteiger partial charge < -0.3 is 25.2 Å². The molecule has 1 fully saturated rings. The minimum absolute atomic E-state index is 0.460. The Morgan fingerprint density at radius 2 is 1.80 bits per heavy atom. The van der Waals surface area contributed by atoms with Crippen molar-refractivity contribution in [1.82, 2.24) is 5.06 Å². The second kappa shape index (κ2) is 5.17. The van der Waals surface area contributed by atoms with Gasteiger partial charge in [0, 0.05) is 14.1 Å². The van der Waals surface area contributed by atoms with E-state index in [4.69, 9.17) is 14.7 Å². The fraction of sp³-hybridized carbons (Fsp3) is 1.00. The van der Waals surface area contributed by atoms with Gasteiger partial charge in [-0.15, -0.1) is 0 Å². The molecule has 1 heterocycles. The molecule has 1 rings (SSSR count). The maximum absolute atomic E-state index is 9.66. The molecule has 7 heteroatoms. The summed E-state index contributed by atoms with van der Waals surface area (Å²) in [4.78, 5) is 5.10. The summed E-state index contributed by atoms with van der Waals surface area (Å²) in [5.41, 5.74) is 0. The quantitative estimate of drug-likeness (QED) is 0.385. The molecule has 0 aliphatic carbocycles. The second-order valence-corrected chi connectivity index (χ2v) is 3.61. The molecule has 0 aromatic heterocycles. The maximum Gasteiger partial charge on any atom is 0.184 e. The van der Waals surface area contributed by atoms with E-state index in [0.29, 0.717) is 0 Å². The molecule has 0 aromatic rings. The topological polar surface area (TPSA) is 103 Å². The van der Waals surface area contributed by atoms with Crippen molar-refractivity contribution >= 4 is 0 Å². The van der Waals surface area contributed by atoms with Gasteiger partial charge >= 0.3 is 0 Å². The minimum Gasteiger partial charge on any atom is -0.394 e. The van der Waals surface area contributed by atoms with Crippen LogP contribution in [0.3, 0.4) is 0 Å². The zero-order valence-corrected chi connectivity index (χ0v) is 8.65. The predicted molar refractivity (Wildman–Crippen MR) is 48.5 cm³/mol. The zero-order valence-electron chi connectivity index (χ0n) is 8.65. The number of aliphatic hydroxyl groups excluding tert-OH is 4. The van der Waals surface area contributed by atoms with Crippen LogP contribution in [0.25, 0.3) is 0 Å². The van der Waals surface area contributed by atoms with E-state index >= 15 is 0 Å². The molecular formula is C8H17NO6. The lowest BCUT2D eigenvalue weighted by atomic mass is 9.99. The molecule has 7 nitrogen and oxygen atoms in total. The van der Waals surface area contributed by atoms with Gasteiger partial charge in [0.15, 0.2) is 6.29 Å².